The third kappa shape index (κ3) is 5.37. The molecule has 3 aromatic carbocycles. The molecule has 3 nitrogen and oxygen atoms in total. The summed E-state index contributed by atoms with van der Waals surface area (Å²) >= 11 is 5.93. The molecule has 28 heavy (non-hydrogen) atoms. The predicted octanol–water partition coefficient (Wildman–Crippen LogP) is 6.69. The molecular weight excluding hydrogens is 370 g/mol. The number of aliphatic imine (C=N–C) groups is 1. The Morgan fingerprint density at radius 1 is 0.893 bits per heavy atom. The number of nitrogens with zero attached hydrogens (tertiary/aromatic N) is 1. The van der Waals surface area contributed by atoms with Gasteiger partial charge in [-0.25, -0.2) is 0 Å². The summed E-state index contributed by atoms with van der Waals surface area (Å²) < 4.78 is 11.7. The summed E-state index contributed by atoms with van der Waals surface area (Å²) in [6.07, 6.45) is 1.85. The zero-order valence-corrected chi connectivity index (χ0v) is 17.2. The molecule has 4 heteroatoms. The van der Waals surface area contributed by atoms with Gasteiger partial charge in [-0.3, -0.25) is 4.99 Å². The number of ether oxygens (including phenoxy) is 2. The highest BCUT2D eigenvalue weighted by Crippen LogP contribution is 2.29. The van der Waals surface area contributed by atoms with E-state index >= 15 is 0 Å². The fourth-order valence-electron chi connectivity index (χ4n) is 2.74. The number of hydrogen-bond donors (Lipinski definition) is 0. The summed E-state index contributed by atoms with van der Waals surface area (Å²) in [6.45, 7) is 7.10. The SMILES string of the molecule is CCOc1cc(C=Nc2cc(C)ccc2C)ccc1OCc1ccc(Cl)cc1. The van der Waals surface area contributed by atoms with E-state index in [0.29, 0.717) is 29.7 Å². The standard InChI is InChI=1S/C24H24ClNO2/c1-4-27-24-14-20(15-26-22-13-17(2)5-6-18(22)3)9-12-23(24)28-16-19-7-10-21(25)11-8-19/h5-15H,4,16H2,1-3H3. The van der Waals surface area contributed by atoms with Gasteiger partial charge in [-0.2, -0.15) is 0 Å². The van der Waals surface area contributed by atoms with Gasteiger partial charge in [-0.1, -0.05) is 35.9 Å². The first kappa shape index (κ1) is 20.0. The molecule has 0 atom stereocenters. The maximum atomic E-state index is 5.96. The summed E-state index contributed by atoms with van der Waals surface area (Å²) in [5.41, 5.74) is 5.32. The van der Waals surface area contributed by atoms with E-state index in [1.54, 1.807) is 0 Å². The second-order valence-electron chi connectivity index (χ2n) is 6.60. The van der Waals surface area contributed by atoms with E-state index in [2.05, 4.69) is 37.0 Å². The molecule has 0 aliphatic carbocycles. The Kier molecular flexibility index (Phi) is 6.72. The summed E-state index contributed by atoms with van der Waals surface area (Å²) in [5.74, 6) is 1.42. The highest BCUT2D eigenvalue weighted by atomic mass is 35.5. The number of benzene rings is 3. The normalized spacial score (nSPS) is 11.0. The van der Waals surface area contributed by atoms with Crippen LogP contribution in [0.1, 0.15) is 29.2 Å². The summed E-state index contributed by atoms with van der Waals surface area (Å²) in [5, 5.41) is 0.714. The molecule has 144 valence electrons. The first-order valence-electron chi connectivity index (χ1n) is 9.30. The fourth-order valence-corrected chi connectivity index (χ4v) is 2.86. The topological polar surface area (TPSA) is 30.8 Å². The Labute approximate surface area is 171 Å². The lowest BCUT2D eigenvalue weighted by atomic mass is 10.1. The molecule has 0 spiro atoms. The van der Waals surface area contributed by atoms with Crippen molar-refractivity contribution in [1.29, 1.82) is 0 Å². The largest absolute Gasteiger partial charge is 0.490 e. The smallest absolute Gasteiger partial charge is 0.161 e. The highest BCUT2D eigenvalue weighted by Gasteiger charge is 2.07. The average Bonchev–Trinajstić information content (AvgIpc) is 2.69. The number of aryl methyl sites for hydroxylation is 2. The van der Waals surface area contributed by atoms with Crippen LogP contribution in [0.2, 0.25) is 5.02 Å². The van der Waals surface area contributed by atoms with Gasteiger partial charge in [0.1, 0.15) is 6.61 Å². The third-order valence-corrected chi connectivity index (χ3v) is 4.54. The van der Waals surface area contributed by atoms with Gasteiger partial charge in [-0.05, 0) is 79.4 Å². The van der Waals surface area contributed by atoms with Gasteiger partial charge in [0.05, 0.1) is 12.3 Å². The molecule has 0 saturated heterocycles. The molecule has 0 radical (unpaired) electrons. The minimum Gasteiger partial charge on any atom is -0.490 e. The van der Waals surface area contributed by atoms with Gasteiger partial charge < -0.3 is 9.47 Å². The zero-order valence-electron chi connectivity index (χ0n) is 16.4. The lowest BCUT2D eigenvalue weighted by molar-refractivity contribution is 0.269. The van der Waals surface area contributed by atoms with Crippen LogP contribution in [0.5, 0.6) is 11.5 Å². The van der Waals surface area contributed by atoms with E-state index in [1.807, 2.05) is 55.6 Å². The molecule has 0 unspecified atom stereocenters. The van der Waals surface area contributed by atoms with Gasteiger partial charge in [0, 0.05) is 11.2 Å². The third-order valence-electron chi connectivity index (χ3n) is 4.29. The van der Waals surface area contributed by atoms with E-state index in [9.17, 15) is 0 Å². The fraction of sp³-hybridized carbons (Fsp3) is 0.208. The van der Waals surface area contributed by atoms with Crippen molar-refractivity contribution in [2.24, 2.45) is 4.99 Å². The van der Waals surface area contributed by atoms with E-state index in [4.69, 9.17) is 21.1 Å². The van der Waals surface area contributed by atoms with Crippen LogP contribution in [0.15, 0.2) is 65.7 Å². The molecular formula is C24H24ClNO2. The van der Waals surface area contributed by atoms with Gasteiger partial charge >= 0.3 is 0 Å². The van der Waals surface area contributed by atoms with E-state index in [-0.39, 0.29) is 0 Å². The van der Waals surface area contributed by atoms with Crippen molar-refractivity contribution >= 4 is 23.5 Å². The lowest BCUT2D eigenvalue weighted by Crippen LogP contribution is -2.00. The first-order chi connectivity index (χ1) is 13.5. The van der Waals surface area contributed by atoms with Crippen LogP contribution in [-0.2, 0) is 6.61 Å². The van der Waals surface area contributed by atoms with Crippen LogP contribution in [0.3, 0.4) is 0 Å². The van der Waals surface area contributed by atoms with E-state index in [1.165, 1.54) is 5.56 Å². The maximum absolute atomic E-state index is 5.96. The molecule has 0 bridgehead atoms. The van der Waals surface area contributed by atoms with Crippen LogP contribution >= 0.6 is 11.6 Å². The van der Waals surface area contributed by atoms with Crippen LogP contribution in [0.25, 0.3) is 0 Å². The van der Waals surface area contributed by atoms with E-state index in [0.717, 1.165) is 22.4 Å². The second kappa shape index (κ2) is 9.43. The quantitative estimate of drug-likeness (QED) is 0.419. The van der Waals surface area contributed by atoms with Crippen LogP contribution in [-0.4, -0.2) is 12.8 Å². The van der Waals surface area contributed by atoms with Gasteiger partial charge in [-0.15, -0.1) is 0 Å². The van der Waals surface area contributed by atoms with Crippen molar-refractivity contribution in [1.82, 2.24) is 0 Å². The van der Waals surface area contributed by atoms with Crippen molar-refractivity contribution in [2.75, 3.05) is 6.61 Å². The molecule has 3 aromatic rings. The van der Waals surface area contributed by atoms with Crippen molar-refractivity contribution in [2.45, 2.75) is 27.4 Å². The summed E-state index contributed by atoms with van der Waals surface area (Å²) in [6, 6.07) is 19.7. The number of rotatable bonds is 7. The molecule has 0 aliphatic heterocycles. The van der Waals surface area contributed by atoms with Gasteiger partial charge in [0.15, 0.2) is 11.5 Å². The van der Waals surface area contributed by atoms with Crippen LogP contribution in [0, 0.1) is 13.8 Å². The maximum Gasteiger partial charge on any atom is 0.161 e. The second-order valence-corrected chi connectivity index (χ2v) is 7.04. The first-order valence-corrected chi connectivity index (χ1v) is 9.68. The minimum atomic E-state index is 0.452. The molecule has 0 saturated carbocycles. The van der Waals surface area contributed by atoms with Gasteiger partial charge in [0.2, 0.25) is 0 Å². The average molecular weight is 394 g/mol. The van der Waals surface area contributed by atoms with Crippen LogP contribution < -0.4 is 9.47 Å². The molecule has 0 aliphatic rings. The summed E-state index contributed by atoms with van der Waals surface area (Å²) in [4.78, 5) is 4.64. The van der Waals surface area contributed by atoms with Gasteiger partial charge in [0.25, 0.3) is 0 Å². The number of halogens is 1. The molecule has 0 heterocycles. The van der Waals surface area contributed by atoms with Crippen molar-refractivity contribution in [3.8, 4) is 11.5 Å². The number of hydrogen-bond acceptors (Lipinski definition) is 3. The predicted molar refractivity (Wildman–Crippen MR) is 117 cm³/mol. The van der Waals surface area contributed by atoms with Crippen molar-refractivity contribution in [3.63, 3.8) is 0 Å². The highest BCUT2D eigenvalue weighted by molar-refractivity contribution is 6.30. The Balaban J connectivity index is 1.77. The lowest BCUT2D eigenvalue weighted by Gasteiger charge is -2.13. The molecule has 0 fully saturated rings. The molecule has 3 rings (SSSR count). The minimum absolute atomic E-state index is 0.452. The Hall–Kier alpha value is -2.78. The van der Waals surface area contributed by atoms with Crippen LogP contribution in [0.4, 0.5) is 5.69 Å². The Morgan fingerprint density at radius 3 is 2.43 bits per heavy atom. The summed E-state index contributed by atoms with van der Waals surface area (Å²) in [7, 11) is 0. The Morgan fingerprint density at radius 2 is 1.68 bits per heavy atom. The van der Waals surface area contributed by atoms with E-state index < -0.39 is 0 Å². The van der Waals surface area contributed by atoms with Crippen molar-refractivity contribution < 1.29 is 9.47 Å². The Bertz CT molecular complexity index is 965. The van der Waals surface area contributed by atoms with Crippen molar-refractivity contribution in [3.05, 3.63) is 87.9 Å². The molecule has 0 aromatic heterocycles. The molecule has 0 N–H and O–H groups in total. The monoisotopic (exact) mass is 393 g/mol. The molecule has 0 amide bonds. The zero-order chi connectivity index (χ0) is 19.9.